The van der Waals surface area contributed by atoms with Crippen LogP contribution in [0.2, 0.25) is 0 Å². The van der Waals surface area contributed by atoms with E-state index < -0.39 is 0 Å². The number of ether oxygens (including phenoxy) is 2. The summed E-state index contributed by atoms with van der Waals surface area (Å²) >= 11 is 3.71. The van der Waals surface area contributed by atoms with Gasteiger partial charge in [-0.25, -0.2) is 0 Å². The van der Waals surface area contributed by atoms with Crippen molar-refractivity contribution in [1.82, 2.24) is 5.32 Å². The lowest BCUT2D eigenvalue weighted by Gasteiger charge is -2.27. The van der Waals surface area contributed by atoms with Crippen LogP contribution in [-0.4, -0.2) is 20.8 Å². The Kier molecular flexibility index (Phi) is 5.94. The summed E-state index contributed by atoms with van der Waals surface area (Å²) in [6, 6.07) is 4.47. The van der Waals surface area contributed by atoms with Gasteiger partial charge >= 0.3 is 0 Å². The summed E-state index contributed by atoms with van der Waals surface area (Å²) in [5.74, 6) is 3.04. The standard InChI is InChI=1S/C17H26BrNO2/c1-5-8-19-17(11(2)12-6-7-12)13-9-15(20-3)16(21-4)10-14(13)18/h9-12,17,19H,5-8H2,1-4H3. The predicted octanol–water partition coefficient (Wildman–Crippen LogP) is 4.55. The number of rotatable bonds is 8. The van der Waals surface area contributed by atoms with Crippen LogP contribution in [-0.2, 0) is 0 Å². The highest BCUT2D eigenvalue weighted by atomic mass is 79.9. The van der Waals surface area contributed by atoms with Gasteiger partial charge in [0.05, 0.1) is 14.2 Å². The molecule has 3 nitrogen and oxygen atoms in total. The van der Waals surface area contributed by atoms with Crippen LogP contribution in [0.15, 0.2) is 16.6 Å². The van der Waals surface area contributed by atoms with E-state index >= 15 is 0 Å². The number of hydrogen-bond donors (Lipinski definition) is 1. The fourth-order valence-electron chi connectivity index (χ4n) is 2.88. The van der Waals surface area contributed by atoms with E-state index in [0.29, 0.717) is 12.0 Å². The lowest BCUT2D eigenvalue weighted by molar-refractivity contribution is 0.338. The van der Waals surface area contributed by atoms with E-state index in [1.807, 2.05) is 6.07 Å². The van der Waals surface area contributed by atoms with Crippen molar-refractivity contribution in [3.8, 4) is 11.5 Å². The van der Waals surface area contributed by atoms with Crippen LogP contribution in [0.5, 0.6) is 11.5 Å². The lowest BCUT2D eigenvalue weighted by Crippen LogP contribution is -2.29. The molecule has 21 heavy (non-hydrogen) atoms. The van der Waals surface area contributed by atoms with Crippen LogP contribution in [0.1, 0.15) is 44.7 Å². The molecule has 1 aliphatic rings. The van der Waals surface area contributed by atoms with E-state index in [1.165, 1.54) is 18.4 Å². The Bertz CT molecular complexity index is 474. The molecule has 0 heterocycles. The maximum atomic E-state index is 5.47. The van der Waals surface area contributed by atoms with Crippen molar-refractivity contribution in [1.29, 1.82) is 0 Å². The minimum absolute atomic E-state index is 0.353. The molecule has 1 saturated carbocycles. The van der Waals surface area contributed by atoms with Crippen LogP contribution in [0, 0.1) is 11.8 Å². The minimum atomic E-state index is 0.353. The lowest BCUT2D eigenvalue weighted by atomic mass is 9.90. The van der Waals surface area contributed by atoms with Gasteiger partial charge in [-0.2, -0.15) is 0 Å². The molecule has 2 unspecified atom stereocenters. The molecule has 2 rings (SSSR count). The van der Waals surface area contributed by atoms with Gasteiger partial charge < -0.3 is 14.8 Å². The predicted molar refractivity (Wildman–Crippen MR) is 90.2 cm³/mol. The van der Waals surface area contributed by atoms with Crippen LogP contribution >= 0.6 is 15.9 Å². The largest absolute Gasteiger partial charge is 0.493 e. The van der Waals surface area contributed by atoms with Gasteiger partial charge in [0.15, 0.2) is 11.5 Å². The van der Waals surface area contributed by atoms with Gasteiger partial charge in [0, 0.05) is 10.5 Å². The molecule has 1 aromatic rings. The number of methoxy groups -OCH3 is 2. The van der Waals surface area contributed by atoms with Gasteiger partial charge in [0.2, 0.25) is 0 Å². The topological polar surface area (TPSA) is 30.5 Å². The first-order valence-electron chi connectivity index (χ1n) is 7.77. The van der Waals surface area contributed by atoms with Crippen molar-refractivity contribution in [2.45, 2.75) is 39.2 Å². The van der Waals surface area contributed by atoms with E-state index in [4.69, 9.17) is 9.47 Å². The molecule has 2 atom stereocenters. The molecule has 0 amide bonds. The third-order valence-corrected chi connectivity index (χ3v) is 5.03. The minimum Gasteiger partial charge on any atom is -0.493 e. The van der Waals surface area contributed by atoms with Gasteiger partial charge in [-0.05, 0) is 55.3 Å². The molecule has 0 aromatic heterocycles. The SMILES string of the molecule is CCCNC(c1cc(OC)c(OC)cc1Br)C(C)C1CC1. The van der Waals surface area contributed by atoms with Crippen molar-refractivity contribution < 1.29 is 9.47 Å². The number of hydrogen-bond acceptors (Lipinski definition) is 3. The van der Waals surface area contributed by atoms with Crippen molar-refractivity contribution in [3.05, 3.63) is 22.2 Å². The summed E-state index contributed by atoms with van der Waals surface area (Å²) in [7, 11) is 3.36. The van der Waals surface area contributed by atoms with E-state index in [2.05, 4.69) is 41.2 Å². The third-order valence-electron chi connectivity index (χ3n) is 4.34. The first-order valence-corrected chi connectivity index (χ1v) is 8.56. The zero-order valence-corrected chi connectivity index (χ0v) is 15.0. The second kappa shape index (κ2) is 7.50. The first kappa shape index (κ1) is 16.6. The molecule has 118 valence electrons. The van der Waals surface area contributed by atoms with E-state index in [0.717, 1.165) is 34.9 Å². The monoisotopic (exact) mass is 355 g/mol. The quantitative estimate of drug-likeness (QED) is 0.741. The average Bonchev–Trinajstić information content (AvgIpc) is 3.32. The van der Waals surface area contributed by atoms with E-state index in [1.54, 1.807) is 14.2 Å². The molecular weight excluding hydrogens is 330 g/mol. The Morgan fingerprint density at radius 2 is 1.86 bits per heavy atom. The fraction of sp³-hybridized carbons (Fsp3) is 0.647. The molecule has 4 heteroatoms. The fourth-order valence-corrected chi connectivity index (χ4v) is 3.45. The van der Waals surface area contributed by atoms with Crippen molar-refractivity contribution in [2.24, 2.45) is 11.8 Å². The molecule has 1 N–H and O–H groups in total. The summed E-state index contributed by atoms with van der Waals surface area (Å²) in [6.07, 6.45) is 3.85. The van der Waals surface area contributed by atoms with Gasteiger partial charge in [-0.15, -0.1) is 0 Å². The number of benzene rings is 1. The Morgan fingerprint density at radius 1 is 1.24 bits per heavy atom. The first-order chi connectivity index (χ1) is 10.1. The molecule has 1 aliphatic carbocycles. The molecular formula is C17H26BrNO2. The highest BCUT2D eigenvalue weighted by Gasteiger charge is 2.34. The van der Waals surface area contributed by atoms with Gasteiger partial charge in [-0.3, -0.25) is 0 Å². The average molecular weight is 356 g/mol. The molecule has 0 aliphatic heterocycles. The molecule has 0 spiro atoms. The summed E-state index contributed by atoms with van der Waals surface area (Å²) < 4.78 is 11.9. The van der Waals surface area contributed by atoms with Crippen molar-refractivity contribution >= 4 is 15.9 Å². The molecule has 0 saturated heterocycles. The van der Waals surface area contributed by atoms with Crippen LogP contribution in [0.25, 0.3) is 0 Å². The molecule has 0 radical (unpaired) electrons. The summed E-state index contributed by atoms with van der Waals surface area (Å²) in [6.45, 7) is 5.59. The molecule has 1 aromatic carbocycles. The molecule has 1 fully saturated rings. The normalized spacial score (nSPS) is 17.4. The van der Waals surface area contributed by atoms with Gasteiger partial charge in [0.1, 0.15) is 0 Å². The van der Waals surface area contributed by atoms with Gasteiger partial charge in [-0.1, -0.05) is 29.8 Å². The second-order valence-corrected chi connectivity index (χ2v) is 6.71. The zero-order chi connectivity index (χ0) is 15.4. The van der Waals surface area contributed by atoms with Crippen molar-refractivity contribution in [3.63, 3.8) is 0 Å². The van der Waals surface area contributed by atoms with Crippen molar-refractivity contribution in [2.75, 3.05) is 20.8 Å². The Morgan fingerprint density at radius 3 is 2.38 bits per heavy atom. The molecule has 0 bridgehead atoms. The number of halogens is 1. The van der Waals surface area contributed by atoms with Gasteiger partial charge in [0.25, 0.3) is 0 Å². The van der Waals surface area contributed by atoms with Crippen LogP contribution in [0.3, 0.4) is 0 Å². The maximum absolute atomic E-state index is 5.47. The summed E-state index contributed by atoms with van der Waals surface area (Å²) in [5.41, 5.74) is 1.26. The van der Waals surface area contributed by atoms with E-state index in [9.17, 15) is 0 Å². The Balaban J connectivity index is 2.33. The highest BCUT2D eigenvalue weighted by Crippen LogP contribution is 2.45. The van der Waals surface area contributed by atoms with E-state index in [-0.39, 0.29) is 0 Å². The Labute approximate surface area is 136 Å². The summed E-state index contributed by atoms with van der Waals surface area (Å²) in [4.78, 5) is 0. The summed E-state index contributed by atoms with van der Waals surface area (Å²) in [5, 5.41) is 3.71. The number of nitrogens with one attached hydrogen (secondary N) is 1. The zero-order valence-electron chi connectivity index (χ0n) is 13.4. The Hall–Kier alpha value is -0.740. The van der Waals surface area contributed by atoms with Crippen LogP contribution in [0.4, 0.5) is 0 Å². The highest BCUT2D eigenvalue weighted by molar-refractivity contribution is 9.10. The van der Waals surface area contributed by atoms with Crippen LogP contribution < -0.4 is 14.8 Å². The maximum Gasteiger partial charge on any atom is 0.161 e. The second-order valence-electron chi connectivity index (χ2n) is 5.86. The third kappa shape index (κ3) is 3.92. The smallest absolute Gasteiger partial charge is 0.161 e.